The van der Waals surface area contributed by atoms with Crippen LogP contribution < -0.4 is 10.6 Å². The monoisotopic (exact) mass is 266 g/mol. The average molecular weight is 267 g/mol. The standard InChI is InChI=1S/C13H15ClN2O2/c1-13(2,7-15)9-3-4-10-8(5-9)6-11(17)16(10)12(14)18/h3-5H,6-7,15H2,1-2H3. The van der Waals surface area contributed by atoms with E-state index in [1.54, 1.807) is 6.07 Å². The molecule has 1 heterocycles. The molecule has 1 aromatic rings. The summed E-state index contributed by atoms with van der Waals surface area (Å²) in [4.78, 5) is 23.9. The molecule has 4 nitrogen and oxygen atoms in total. The number of carbonyl (C=O) groups excluding carboxylic acids is 2. The Morgan fingerprint density at radius 3 is 2.72 bits per heavy atom. The van der Waals surface area contributed by atoms with Gasteiger partial charge in [-0.3, -0.25) is 9.59 Å². The summed E-state index contributed by atoms with van der Waals surface area (Å²) in [7, 11) is 0. The van der Waals surface area contributed by atoms with E-state index in [4.69, 9.17) is 17.3 Å². The first-order valence-electron chi connectivity index (χ1n) is 5.72. The highest BCUT2D eigenvalue weighted by Crippen LogP contribution is 2.33. The lowest BCUT2D eigenvalue weighted by molar-refractivity contribution is -0.116. The first-order chi connectivity index (χ1) is 8.36. The van der Waals surface area contributed by atoms with Gasteiger partial charge in [0, 0.05) is 12.0 Å². The number of carbonyl (C=O) groups is 2. The van der Waals surface area contributed by atoms with Crippen LogP contribution in [-0.2, 0) is 16.6 Å². The van der Waals surface area contributed by atoms with E-state index in [9.17, 15) is 9.59 Å². The lowest BCUT2D eigenvalue weighted by atomic mass is 9.84. The number of rotatable bonds is 2. The highest BCUT2D eigenvalue weighted by Gasteiger charge is 2.32. The molecule has 0 fully saturated rings. The second kappa shape index (κ2) is 4.37. The fourth-order valence-corrected chi connectivity index (χ4v) is 2.24. The smallest absolute Gasteiger partial charge is 0.327 e. The van der Waals surface area contributed by atoms with Gasteiger partial charge in [-0.15, -0.1) is 0 Å². The summed E-state index contributed by atoms with van der Waals surface area (Å²) in [5.41, 5.74) is 8.04. The molecule has 5 heteroatoms. The third-order valence-electron chi connectivity index (χ3n) is 3.38. The minimum absolute atomic E-state index is 0.156. The molecule has 0 radical (unpaired) electrons. The maximum Gasteiger partial charge on any atom is 0.327 e. The van der Waals surface area contributed by atoms with E-state index in [1.165, 1.54) is 0 Å². The SMILES string of the molecule is CC(C)(CN)c1ccc2c(c1)CC(=O)N2C(=O)Cl. The van der Waals surface area contributed by atoms with Gasteiger partial charge in [-0.2, -0.15) is 0 Å². The van der Waals surface area contributed by atoms with Crippen molar-refractivity contribution >= 4 is 28.6 Å². The topological polar surface area (TPSA) is 63.4 Å². The van der Waals surface area contributed by atoms with Crippen molar-refractivity contribution in [2.75, 3.05) is 11.4 Å². The molecule has 0 aromatic heterocycles. The van der Waals surface area contributed by atoms with Crippen molar-refractivity contribution in [3.05, 3.63) is 29.3 Å². The lowest BCUT2D eigenvalue weighted by Gasteiger charge is -2.24. The van der Waals surface area contributed by atoms with Crippen LogP contribution in [0.25, 0.3) is 0 Å². The Morgan fingerprint density at radius 1 is 1.50 bits per heavy atom. The van der Waals surface area contributed by atoms with Crippen LogP contribution in [0, 0.1) is 0 Å². The van der Waals surface area contributed by atoms with Crippen LogP contribution in [0.15, 0.2) is 18.2 Å². The summed E-state index contributed by atoms with van der Waals surface area (Å²) < 4.78 is 0. The Kier molecular flexibility index (Phi) is 3.17. The van der Waals surface area contributed by atoms with Crippen molar-refractivity contribution in [3.8, 4) is 0 Å². The summed E-state index contributed by atoms with van der Waals surface area (Å²) in [5.74, 6) is -0.285. The quantitative estimate of drug-likeness (QED) is 0.659. The summed E-state index contributed by atoms with van der Waals surface area (Å²) in [6.07, 6.45) is 0.211. The lowest BCUT2D eigenvalue weighted by Crippen LogP contribution is -2.29. The first kappa shape index (κ1) is 13.1. The molecule has 0 bridgehead atoms. The van der Waals surface area contributed by atoms with Gasteiger partial charge in [-0.1, -0.05) is 26.0 Å². The zero-order valence-corrected chi connectivity index (χ0v) is 11.1. The number of halogens is 1. The van der Waals surface area contributed by atoms with Crippen LogP contribution in [0.3, 0.4) is 0 Å². The maximum atomic E-state index is 11.7. The highest BCUT2D eigenvalue weighted by molar-refractivity contribution is 6.68. The fourth-order valence-electron chi connectivity index (χ4n) is 2.05. The van der Waals surface area contributed by atoms with Crippen LogP contribution in [0.4, 0.5) is 10.5 Å². The van der Waals surface area contributed by atoms with Crippen molar-refractivity contribution in [3.63, 3.8) is 0 Å². The number of benzene rings is 1. The van der Waals surface area contributed by atoms with Crippen LogP contribution in [0.5, 0.6) is 0 Å². The normalized spacial score (nSPS) is 14.9. The van der Waals surface area contributed by atoms with E-state index < -0.39 is 5.37 Å². The van der Waals surface area contributed by atoms with E-state index in [0.29, 0.717) is 12.2 Å². The van der Waals surface area contributed by atoms with Gasteiger partial charge in [-0.25, -0.2) is 4.90 Å². The second-order valence-electron chi connectivity index (χ2n) is 5.09. The van der Waals surface area contributed by atoms with Crippen molar-refractivity contribution in [2.45, 2.75) is 25.7 Å². The molecule has 2 amide bonds. The van der Waals surface area contributed by atoms with E-state index >= 15 is 0 Å². The number of nitrogens with two attached hydrogens (primary N) is 1. The predicted octanol–water partition coefficient (Wildman–Crippen LogP) is 2.17. The molecule has 0 aliphatic carbocycles. The summed E-state index contributed by atoms with van der Waals surface area (Å²) in [6, 6.07) is 5.57. The van der Waals surface area contributed by atoms with E-state index in [1.807, 2.05) is 26.0 Å². The largest absolute Gasteiger partial charge is 0.330 e. The summed E-state index contributed by atoms with van der Waals surface area (Å²) >= 11 is 5.41. The molecule has 2 rings (SSSR count). The maximum absolute atomic E-state index is 11.7. The van der Waals surface area contributed by atoms with Gasteiger partial charge >= 0.3 is 5.37 Å². The van der Waals surface area contributed by atoms with Gasteiger partial charge in [0.05, 0.1) is 12.1 Å². The molecule has 0 unspecified atom stereocenters. The minimum Gasteiger partial charge on any atom is -0.330 e. The number of amides is 2. The van der Waals surface area contributed by atoms with E-state index in [-0.39, 0.29) is 17.7 Å². The molecular formula is C13H15ClN2O2. The second-order valence-corrected chi connectivity index (χ2v) is 5.41. The Morgan fingerprint density at radius 2 is 2.17 bits per heavy atom. The summed E-state index contributed by atoms with van der Waals surface area (Å²) in [6.45, 7) is 4.59. The molecule has 96 valence electrons. The molecule has 18 heavy (non-hydrogen) atoms. The molecule has 1 aliphatic heterocycles. The van der Waals surface area contributed by atoms with Crippen LogP contribution in [0.2, 0.25) is 0 Å². The molecule has 0 saturated heterocycles. The molecule has 0 atom stereocenters. The number of fused-ring (bicyclic) bond motifs is 1. The predicted molar refractivity (Wildman–Crippen MR) is 71.0 cm³/mol. The van der Waals surface area contributed by atoms with Crippen molar-refractivity contribution < 1.29 is 9.59 Å². The number of hydrogen-bond donors (Lipinski definition) is 1. The van der Waals surface area contributed by atoms with Gasteiger partial charge in [0.25, 0.3) is 0 Å². The zero-order valence-electron chi connectivity index (χ0n) is 10.4. The van der Waals surface area contributed by atoms with Crippen molar-refractivity contribution in [2.24, 2.45) is 5.73 Å². The molecule has 0 spiro atoms. The van der Waals surface area contributed by atoms with Crippen molar-refractivity contribution in [1.82, 2.24) is 0 Å². The van der Waals surface area contributed by atoms with Gasteiger partial charge in [-0.05, 0) is 28.8 Å². The van der Waals surface area contributed by atoms with Crippen LogP contribution >= 0.6 is 11.6 Å². The van der Waals surface area contributed by atoms with Crippen LogP contribution in [-0.4, -0.2) is 17.8 Å². The van der Waals surface area contributed by atoms with Gasteiger partial charge in [0.2, 0.25) is 5.91 Å². The molecule has 1 aliphatic rings. The number of imide groups is 1. The molecule has 0 saturated carbocycles. The molecule has 2 N–H and O–H groups in total. The Labute approximate surface area is 111 Å². The van der Waals surface area contributed by atoms with Gasteiger partial charge in [0.1, 0.15) is 0 Å². The minimum atomic E-state index is -0.760. The number of nitrogens with zero attached hydrogens (tertiary/aromatic N) is 1. The fraction of sp³-hybridized carbons (Fsp3) is 0.385. The third-order valence-corrected chi connectivity index (χ3v) is 3.55. The summed E-state index contributed by atoms with van der Waals surface area (Å²) in [5, 5.41) is -0.760. The molecular weight excluding hydrogens is 252 g/mol. The van der Waals surface area contributed by atoms with Gasteiger partial charge < -0.3 is 5.73 Å². The van der Waals surface area contributed by atoms with Crippen molar-refractivity contribution in [1.29, 1.82) is 0 Å². The van der Waals surface area contributed by atoms with E-state index in [0.717, 1.165) is 16.0 Å². The molecule has 1 aromatic carbocycles. The zero-order chi connectivity index (χ0) is 13.5. The van der Waals surface area contributed by atoms with Crippen LogP contribution in [0.1, 0.15) is 25.0 Å². The number of hydrogen-bond acceptors (Lipinski definition) is 3. The van der Waals surface area contributed by atoms with Gasteiger partial charge in [0.15, 0.2) is 0 Å². The Hall–Kier alpha value is -1.39. The first-order valence-corrected chi connectivity index (χ1v) is 6.10. The Bertz CT molecular complexity index is 526. The highest BCUT2D eigenvalue weighted by atomic mass is 35.5. The average Bonchev–Trinajstić information content (AvgIpc) is 2.63. The number of anilines is 1. The third kappa shape index (κ3) is 2.02. The Balaban J connectivity index is 2.46. The van der Waals surface area contributed by atoms with E-state index in [2.05, 4.69) is 0 Å².